The lowest BCUT2D eigenvalue weighted by atomic mass is 9.81. The third kappa shape index (κ3) is 6.64. The molecule has 0 radical (unpaired) electrons. The Labute approximate surface area is 206 Å². The number of benzene rings is 2. The number of nitrogens with zero attached hydrogens (tertiary/aromatic N) is 1. The van der Waals surface area contributed by atoms with Gasteiger partial charge in [0.1, 0.15) is 23.1 Å². The summed E-state index contributed by atoms with van der Waals surface area (Å²) in [6.07, 6.45) is 7.36. The lowest BCUT2D eigenvalue weighted by molar-refractivity contribution is -0.134. The van der Waals surface area contributed by atoms with E-state index in [-0.39, 0.29) is 11.8 Å². The van der Waals surface area contributed by atoms with Crippen LogP contribution < -0.4 is 20.6 Å². The predicted octanol–water partition coefficient (Wildman–Crippen LogP) is 5.04. The second-order valence-electron chi connectivity index (χ2n) is 8.42. The van der Waals surface area contributed by atoms with Crippen molar-refractivity contribution < 1.29 is 24.2 Å². The first-order valence-electron chi connectivity index (χ1n) is 11.7. The van der Waals surface area contributed by atoms with Crippen LogP contribution in [0.1, 0.15) is 51.5 Å². The van der Waals surface area contributed by atoms with Crippen molar-refractivity contribution >= 4 is 17.6 Å². The van der Waals surface area contributed by atoms with E-state index in [4.69, 9.17) is 25.2 Å². The zero-order valence-corrected chi connectivity index (χ0v) is 20.4. The SMILES string of the molecule is C/C=C1/NC(c2ccc(Oc3cccc(OC)c3)cc2)=C(C2CCCCC2)C(=O)N1N.CC(=O)O. The molecule has 0 saturated heterocycles. The summed E-state index contributed by atoms with van der Waals surface area (Å²) in [5.74, 6) is 8.12. The molecule has 8 heteroatoms. The minimum absolute atomic E-state index is 0.120. The zero-order valence-electron chi connectivity index (χ0n) is 20.4. The number of hydrazine groups is 1. The van der Waals surface area contributed by atoms with Crippen LogP contribution in [0.3, 0.4) is 0 Å². The summed E-state index contributed by atoms with van der Waals surface area (Å²) in [6.45, 7) is 2.95. The van der Waals surface area contributed by atoms with E-state index in [9.17, 15) is 4.79 Å². The Morgan fingerprint density at radius 2 is 1.71 bits per heavy atom. The van der Waals surface area contributed by atoms with Crippen LogP contribution in [0.5, 0.6) is 17.2 Å². The summed E-state index contributed by atoms with van der Waals surface area (Å²) < 4.78 is 11.2. The van der Waals surface area contributed by atoms with Crippen molar-refractivity contribution in [2.45, 2.75) is 46.0 Å². The fourth-order valence-electron chi connectivity index (χ4n) is 4.30. The van der Waals surface area contributed by atoms with Crippen molar-refractivity contribution in [2.24, 2.45) is 11.8 Å². The van der Waals surface area contributed by atoms with E-state index in [1.165, 1.54) is 11.4 Å². The van der Waals surface area contributed by atoms with Crippen LogP contribution in [0.2, 0.25) is 0 Å². The number of aliphatic carboxylic acids is 1. The van der Waals surface area contributed by atoms with Crippen LogP contribution in [0.15, 0.2) is 66.0 Å². The largest absolute Gasteiger partial charge is 0.497 e. The number of carbonyl (C=O) groups is 2. The Bertz CT molecular complexity index is 1100. The molecule has 4 rings (SSSR count). The highest BCUT2D eigenvalue weighted by atomic mass is 16.5. The Kier molecular flexibility index (Phi) is 8.92. The molecule has 1 amide bonds. The molecular formula is C27H33N3O5. The normalized spacial score (nSPS) is 17.4. The number of hydrogen-bond acceptors (Lipinski definition) is 6. The maximum atomic E-state index is 13.2. The topological polar surface area (TPSA) is 114 Å². The molecular weight excluding hydrogens is 446 g/mol. The number of methoxy groups -OCH3 is 1. The van der Waals surface area contributed by atoms with E-state index in [2.05, 4.69) is 5.32 Å². The van der Waals surface area contributed by atoms with Crippen LogP contribution in [0.4, 0.5) is 0 Å². The standard InChI is InChI=1S/C25H29N3O3.C2H4O2/c1-3-22-27-24(23(25(29)28(22)26)17-8-5-4-6-9-17)18-12-14-19(15-13-18)31-21-11-7-10-20(16-21)30-2;1-2(3)4/h3,7,10-17,27H,4-6,8-9,26H2,1-2H3;1H3,(H,3,4)/b22-3-;. The molecule has 1 aliphatic carbocycles. The highest BCUT2D eigenvalue weighted by molar-refractivity contribution is 6.04. The number of carboxylic acids is 1. The quantitative estimate of drug-likeness (QED) is 0.407. The van der Waals surface area contributed by atoms with Gasteiger partial charge in [-0.3, -0.25) is 9.59 Å². The second-order valence-corrected chi connectivity index (χ2v) is 8.42. The number of rotatable bonds is 5. The van der Waals surface area contributed by atoms with Crippen molar-refractivity contribution in [3.63, 3.8) is 0 Å². The summed E-state index contributed by atoms with van der Waals surface area (Å²) in [5.41, 5.74) is 2.58. The van der Waals surface area contributed by atoms with Gasteiger partial charge in [-0.25, -0.2) is 10.9 Å². The molecule has 4 N–H and O–H groups in total. The molecule has 8 nitrogen and oxygen atoms in total. The average Bonchev–Trinajstić information content (AvgIpc) is 2.86. The number of ether oxygens (including phenoxy) is 2. The fourth-order valence-corrected chi connectivity index (χ4v) is 4.30. The van der Waals surface area contributed by atoms with Crippen molar-refractivity contribution in [3.05, 3.63) is 71.6 Å². The van der Waals surface area contributed by atoms with Crippen molar-refractivity contribution in [1.82, 2.24) is 10.3 Å². The number of hydrogen-bond donors (Lipinski definition) is 3. The van der Waals surface area contributed by atoms with Crippen LogP contribution in [0, 0.1) is 5.92 Å². The molecule has 2 aliphatic rings. The smallest absolute Gasteiger partial charge is 0.300 e. The van der Waals surface area contributed by atoms with Crippen molar-refractivity contribution in [2.75, 3.05) is 7.11 Å². The Balaban J connectivity index is 0.000000795. The van der Waals surface area contributed by atoms with Gasteiger partial charge >= 0.3 is 0 Å². The molecule has 0 spiro atoms. The second kappa shape index (κ2) is 12.1. The van der Waals surface area contributed by atoms with E-state index in [0.717, 1.165) is 55.2 Å². The van der Waals surface area contributed by atoms with Crippen LogP contribution in [-0.2, 0) is 9.59 Å². The van der Waals surface area contributed by atoms with E-state index in [0.29, 0.717) is 17.3 Å². The Morgan fingerprint density at radius 3 is 2.31 bits per heavy atom. The van der Waals surface area contributed by atoms with Gasteiger partial charge in [0.15, 0.2) is 0 Å². The number of carboxylic acid groups (broad SMARTS) is 1. The van der Waals surface area contributed by atoms with Gasteiger partial charge in [-0.2, -0.15) is 0 Å². The van der Waals surface area contributed by atoms with E-state index < -0.39 is 5.97 Å². The highest BCUT2D eigenvalue weighted by Gasteiger charge is 2.34. The lowest BCUT2D eigenvalue weighted by Crippen LogP contribution is -2.48. The predicted molar refractivity (Wildman–Crippen MR) is 134 cm³/mol. The number of allylic oxidation sites excluding steroid dienone is 1. The average molecular weight is 480 g/mol. The van der Waals surface area contributed by atoms with Crippen molar-refractivity contribution in [1.29, 1.82) is 0 Å². The first kappa shape index (κ1) is 25.8. The van der Waals surface area contributed by atoms with Crippen LogP contribution in [-0.4, -0.2) is 29.1 Å². The number of nitrogens with two attached hydrogens (primary N) is 1. The molecule has 186 valence electrons. The zero-order chi connectivity index (χ0) is 25.4. The number of amides is 1. The van der Waals surface area contributed by atoms with Crippen LogP contribution in [0.25, 0.3) is 5.70 Å². The highest BCUT2D eigenvalue weighted by Crippen LogP contribution is 2.37. The fraction of sp³-hybridized carbons (Fsp3) is 0.333. The van der Waals surface area contributed by atoms with Crippen molar-refractivity contribution in [3.8, 4) is 17.2 Å². The van der Waals surface area contributed by atoms with Gasteiger partial charge in [-0.1, -0.05) is 25.3 Å². The molecule has 1 fully saturated rings. The molecule has 0 bridgehead atoms. The minimum atomic E-state index is -0.833. The van der Waals surface area contributed by atoms with E-state index >= 15 is 0 Å². The molecule has 0 aromatic heterocycles. The van der Waals surface area contributed by atoms with Gasteiger partial charge in [0.2, 0.25) is 0 Å². The maximum absolute atomic E-state index is 13.2. The number of carbonyl (C=O) groups excluding carboxylic acids is 1. The summed E-state index contributed by atoms with van der Waals surface area (Å²) in [4.78, 5) is 22.2. The summed E-state index contributed by atoms with van der Waals surface area (Å²) in [6, 6.07) is 15.3. The Hall–Kier alpha value is -3.78. The van der Waals surface area contributed by atoms with Gasteiger partial charge in [-0.15, -0.1) is 0 Å². The van der Waals surface area contributed by atoms with Gasteiger partial charge in [0, 0.05) is 18.6 Å². The minimum Gasteiger partial charge on any atom is -0.497 e. The van der Waals surface area contributed by atoms with Gasteiger partial charge in [0.05, 0.1) is 12.8 Å². The summed E-state index contributed by atoms with van der Waals surface area (Å²) >= 11 is 0. The molecule has 35 heavy (non-hydrogen) atoms. The molecule has 2 aromatic rings. The molecule has 1 aliphatic heterocycles. The number of nitrogens with one attached hydrogen (secondary N) is 1. The monoisotopic (exact) mass is 479 g/mol. The van der Waals surface area contributed by atoms with Gasteiger partial charge < -0.3 is 19.9 Å². The maximum Gasteiger partial charge on any atom is 0.300 e. The lowest BCUT2D eigenvalue weighted by Gasteiger charge is -2.35. The first-order chi connectivity index (χ1) is 16.8. The summed E-state index contributed by atoms with van der Waals surface area (Å²) in [7, 11) is 1.63. The third-order valence-electron chi connectivity index (χ3n) is 5.94. The molecule has 2 aromatic carbocycles. The molecule has 0 atom stereocenters. The summed E-state index contributed by atoms with van der Waals surface area (Å²) in [5, 5.41) is 12.0. The van der Waals surface area contributed by atoms with Crippen LogP contribution >= 0.6 is 0 Å². The third-order valence-corrected chi connectivity index (χ3v) is 5.94. The Morgan fingerprint density at radius 1 is 1.09 bits per heavy atom. The molecule has 1 heterocycles. The van der Waals surface area contributed by atoms with E-state index in [1.807, 2.05) is 61.5 Å². The van der Waals surface area contributed by atoms with E-state index in [1.54, 1.807) is 7.11 Å². The molecule has 0 unspecified atom stereocenters. The van der Waals surface area contributed by atoms with Gasteiger partial charge in [-0.05, 0) is 73.7 Å². The first-order valence-corrected chi connectivity index (χ1v) is 11.7. The molecule has 1 saturated carbocycles. The van der Waals surface area contributed by atoms with Gasteiger partial charge in [0.25, 0.3) is 11.9 Å².